The van der Waals surface area contributed by atoms with E-state index in [1.54, 1.807) is 6.20 Å². The molecule has 0 unspecified atom stereocenters. The summed E-state index contributed by atoms with van der Waals surface area (Å²) in [5.41, 5.74) is 0.926. The van der Waals surface area contributed by atoms with E-state index in [2.05, 4.69) is 33.9 Å². The molecule has 1 aliphatic rings. The van der Waals surface area contributed by atoms with E-state index in [4.69, 9.17) is 0 Å². The highest BCUT2D eigenvalue weighted by atomic mass is 32.2. The minimum atomic E-state index is -3.35. The smallest absolute Gasteiger partial charge is 0.234 e. The number of rotatable bonds is 8. The van der Waals surface area contributed by atoms with Gasteiger partial charge in [0.15, 0.2) is 0 Å². The number of carbonyl (C=O) groups excluding carboxylic acids is 1. The Bertz CT molecular complexity index is 734. The van der Waals surface area contributed by atoms with Crippen LogP contribution >= 0.6 is 0 Å². The lowest BCUT2D eigenvalue weighted by Crippen LogP contribution is -2.49. The summed E-state index contributed by atoms with van der Waals surface area (Å²) in [6.07, 6.45) is 2.89. The van der Waals surface area contributed by atoms with E-state index in [0.29, 0.717) is 25.6 Å². The van der Waals surface area contributed by atoms with Gasteiger partial charge in [-0.05, 0) is 19.8 Å². The molecule has 0 bridgehead atoms. The van der Waals surface area contributed by atoms with Crippen molar-refractivity contribution in [3.63, 3.8) is 0 Å². The number of nitrogens with one attached hydrogen (secondary N) is 1. The van der Waals surface area contributed by atoms with Crippen LogP contribution in [0.2, 0.25) is 0 Å². The number of hydrogen-bond acceptors (Lipinski definition) is 6. The van der Waals surface area contributed by atoms with Crippen LogP contribution in [-0.2, 0) is 27.7 Å². The molecule has 0 saturated carbocycles. The molecule has 1 fully saturated rings. The summed E-state index contributed by atoms with van der Waals surface area (Å²) in [5, 5.41) is 3.07. The number of nitrogens with zero attached hydrogens (tertiary/aromatic N) is 4. The predicted octanol–water partition coefficient (Wildman–Crippen LogP) is 0.585. The number of piperazine rings is 1. The molecule has 1 aromatic heterocycles. The van der Waals surface area contributed by atoms with Crippen molar-refractivity contribution < 1.29 is 13.2 Å². The van der Waals surface area contributed by atoms with Crippen LogP contribution in [0.3, 0.4) is 0 Å². The molecular weight excluding hydrogens is 366 g/mol. The van der Waals surface area contributed by atoms with E-state index in [0.717, 1.165) is 31.9 Å². The third-order valence-corrected chi connectivity index (χ3v) is 5.44. The van der Waals surface area contributed by atoms with Crippen molar-refractivity contribution in [2.24, 2.45) is 5.92 Å². The van der Waals surface area contributed by atoms with Crippen molar-refractivity contribution in [1.82, 2.24) is 24.7 Å². The van der Waals surface area contributed by atoms with Crippen molar-refractivity contribution >= 4 is 15.7 Å². The van der Waals surface area contributed by atoms with Crippen LogP contribution in [0, 0.1) is 5.92 Å². The van der Waals surface area contributed by atoms with Crippen molar-refractivity contribution in [2.75, 3.05) is 39.0 Å². The molecule has 8 nitrogen and oxygen atoms in total. The van der Waals surface area contributed by atoms with Crippen LogP contribution in [0.1, 0.15) is 33.4 Å². The van der Waals surface area contributed by atoms with Crippen LogP contribution in [-0.4, -0.2) is 78.7 Å². The number of amides is 1. The standard InChI is InChI=1S/C18H33N5O3S/c1-14(2)11-23-16(10-19-18(23)27(5,25)26)12-21-6-8-22(9-7-21)13-17(24)20-15(3)4/h10,14-15H,6-9,11-13H2,1-5H3,(H,20,24). The normalized spacial score (nSPS) is 17.0. The summed E-state index contributed by atoms with van der Waals surface area (Å²) < 4.78 is 25.9. The number of carbonyl (C=O) groups is 1. The highest BCUT2D eigenvalue weighted by molar-refractivity contribution is 7.90. The second-order valence-corrected chi connectivity index (χ2v) is 9.99. The highest BCUT2D eigenvalue weighted by Crippen LogP contribution is 2.17. The van der Waals surface area contributed by atoms with Gasteiger partial charge in [-0.25, -0.2) is 13.4 Å². The highest BCUT2D eigenvalue weighted by Gasteiger charge is 2.23. The molecule has 154 valence electrons. The zero-order chi connectivity index (χ0) is 20.2. The average molecular weight is 400 g/mol. The molecule has 0 aromatic carbocycles. The fraction of sp³-hybridized carbons (Fsp3) is 0.778. The molecule has 2 rings (SSSR count). The molecular formula is C18H33N5O3S. The first-order valence-corrected chi connectivity index (χ1v) is 11.4. The summed E-state index contributed by atoms with van der Waals surface area (Å²) in [6.45, 7) is 13.1. The summed E-state index contributed by atoms with van der Waals surface area (Å²) in [6, 6.07) is 0.157. The third-order valence-electron chi connectivity index (χ3n) is 4.45. The van der Waals surface area contributed by atoms with Gasteiger partial charge in [0.25, 0.3) is 0 Å². The van der Waals surface area contributed by atoms with Gasteiger partial charge in [-0.15, -0.1) is 0 Å². The van der Waals surface area contributed by atoms with Gasteiger partial charge in [0, 0.05) is 51.6 Å². The first-order chi connectivity index (χ1) is 12.6. The maximum atomic E-state index is 12.0. The molecule has 9 heteroatoms. The Kier molecular flexibility index (Phi) is 7.41. The van der Waals surface area contributed by atoms with E-state index in [1.165, 1.54) is 6.26 Å². The molecule has 1 aliphatic heterocycles. The summed E-state index contributed by atoms with van der Waals surface area (Å²) in [5.74, 6) is 0.390. The average Bonchev–Trinajstić information content (AvgIpc) is 2.90. The molecule has 1 N–H and O–H groups in total. The van der Waals surface area contributed by atoms with Crippen molar-refractivity contribution in [2.45, 2.75) is 52.0 Å². The number of sulfone groups is 1. The van der Waals surface area contributed by atoms with Gasteiger partial charge in [-0.2, -0.15) is 0 Å². The molecule has 27 heavy (non-hydrogen) atoms. The van der Waals surface area contributed by atoms with Gasteiger partial charge in [0.2, 0.25) is 20.9 Å². The number of imidazole rings is 1. The minimum Gasteiger partial charge on any atom is -0.353 e. The molecule has 0 radical (unpaired) electrons. The van der Waals surface area contributed by atoms with Gasteiger partial charge in [-0.3, -0.25) is 14.6 Å². The van der Waals surface area contributed by atoms with Crippen molar-refractivity contribution in [3.8, 4) is 0 Å². The van der Waals surface area contributed by atoms with E-state index in [-0.39, 0.29) is 17.1 Å². The van der Waals surface area contributed by atoms with Gasteiger partial charge < -0.3 is 9.88 Å². The van der Waals surface area contributed by atoms with Crippen molar-refractivity contribution in [3.05, 3.63) is 11.9 Å². The summed E-state index contributed by atoms with van der Waals surface area (Å²) in [7, 11) is -3.35. The second-order valence-electron chi connectivity index (χ2n) is 8.08. The largest absolute Gasteiger partial charge is 0.353 e. The zero-order valence-electron chi connectivity index (χ0n) is 17.1. The van der Waals surface area contributed by atoms with Gasteiger partial charge >= 0.3 is 0 Å². The molecule has 0 spiro atoms. The van der Waals surface area contributed by atoms with Crippen LogP contribution < -0.4 is 5.32 Å². The Balaban J connectivity index is 1.97. The summed E-state index contributed by atoms with van der Waals surface area (Å²) in [4.78, 5) is 20.5. The van der Waals surface area contributed by atoms with Crippen LogP contribution in [0.15, 0.2) is 11.4 Å². The summed E-state index contributed by atoms with van der Waals surface area (Å²) >= 11 is 0. The molecule has 1 aromatic rings. The van der Waals surface area contributed by atoms with Crippen LogP contribution in [0.25, 0.3) is 0 Å². The second kappa shape index (κ2) is 9.16. The lowest BCUT2D eigenvalue weighted by atomic mass is 10.2. The molecule has 0 atom stereocenters. The van der Waals surface area contributed by atoms with E-state index >= 15 is 0 Å². The first kappa shape index (κ1) is 21.8. The predicted molar refractivity (Wildman–Crippen MR) is 105 cm³/mol. The van der Waals surface area contributed by atoms with Gasteiger partial charge in [0.05, 0.1) is 18.4 Å². The Labute approximate surface area is 162 Å². The quantitative estimate of drug-likeness (QED) is 0.688. The molecule has 1 saturated heterocycles. The fourth-order valence-corrected chi connectivity index (χ4v) is 4.12. The monoisotopic (exact) mass is 399 g/mol. The topological polar surface area (TPSA) is 87.5 Å². The Morgan fingerprint density at radius 1 is 1.15 bits per heavy atom. The SMILES string of the molecule is CC(C)Cn1c(CN2CCN(CC(=O)NC(C)C)CC2)cnc1S(C)(=O)=O. The third kappa shape index (κ3) is 6.58. The van der Waals surface area contributed by atoms with Crippen LogP contribution in [0.4, 0.5) is 0 Å². The van der Waals surface area contributed by atoms with Crippen LogP contribution in [0.5, 0.6) is 0 Å². The fourth-order valence-electron chi connectivity index (χ4n) is 3.28. The zero-order valence-corrected chi connectivity index (χ0v) is 17.9. The van der Waals surface area contributed by atoms with E-state index in [9.17, 15) is 13.2 Å². The number of aromatic nitrogens is 2. The minimum absolute atomic E-state index is 0.0613. The maximum Gasteiger partial charge on any atom is 0.234 e. The van der Waals surface area contributed by atoms with Gasteiger partial charge in [-0.1, -0.05) is 13.8 Å². The Morgan fingerprint density at radius 2 is 1.74 bits per heavy atom. The Hall–Kier alpha value is -1.45. The van der Waals surface area contributed by atoms with E-state index in [1.807, 2.05) is 18.4 Å². The van der Waals surface area contributed by atoms with Gasteiger partial charge in [0.1, 0.15) is 0 Å². The Morgan fingerprint density at radius 3 is 2.26 bits per heavy atom. The van der Waals surface area contributed by atoms with Crippen molar-refractivity contribution in [1.29, 1.82) is 0 Å². The number of hydrogen-bond donors (Lipinski definition) is 1. The lowest BCUT2D eigenvalue weighted by Gasteiger charge is -2.34. The molecule has 1 amide bonds. The lowest BCUT2D eigenvalue weighted by molar-refractivity contribution is -0.123. The first-order valence-electron chi connectivity index (χ1n) is 9.54. The maximum absolute atomic E-state index is 12.0. The molecule has 2 heterocycles. The molecule has 0 aliphatic carbocycles. The van der Waals surface area contributed by atoms with E-state index < -0.39 is 9.84 Å².